The van der Waals surface area contributed by atoms with Crippen molar-refractivity contribution in [1.29, 1.82) is 0 Å². The predicted molar refractivity (Wildman–Crippen MR) is 279 cm³/mol. The Bertz CT molecular complexity index is 1230. The van der Waals surface area contributed by atoms with Crippen LogP contribution < -0.4 is 0 Å². The molecule has 0 rings (SSSR count). The molecule has 1 atom stereocenters. The minimum absolute atomic E-state index is 0.0918. The molecule has 0 heterocycles. The minimum Gasteiger partial charge on any atom is -0.462 e. The first-order valence-electron chi connectivity index (χ1n) is 27.5. The molecule has 0 aromatic carbocycles. The molecule has 0 fully saturated rings. The van der Waals surface area contributed by atoms with Gasteiger partial charge in [0.15, 0.2) is 6.10 Å². The Morgan fingerprint density at radius 1 is 0.323 bits per heavy atom. The number of hydrogen-bond donors (Lipinski definition) is 0. The smallest absolute Gasteiger partial charge is 0.306 e. The summed E-state index contributed by atoms with van der Waals surface area (Å²) in [5.41, 5.74) is 0. The van der Waals surface area contributed by atoms with Crippen molar-refractivity contribution in [3.8, 4) is 0 Å². The zero-order chi connectivity index (χ0) is 47.2. The predicted octanol–water partition coefficient (Wildman–Crippen LogP) is 18.2. The van der Waals surface area contributed by atoms with Gasteiger partial charge in [0.2, 0.25) is 0 Å². The summed E-state index contributed by atoms with van der Waals surface area (Å²) in [4.78, 5) is 38.1. The van der Waals surface area contributed by atoms with Crippen molar-refractivity contribution in [2.75, 3.05) is 13.2 Å². The summed E-state index contributed by atoms with van der Waals surface area (Å²) in [6.45, 7) is 6.46. The summed E-state index contributed by atoms with van der Waals surface area (Å²) in [6, 6.07) is 0. The van der Waals surface area contributed by atoms with Crippen LogP contribution in [0.1, 0.15) is 265 Å². The van der Waals surface area contributed by atoms with E-state index in [0.29, 0.717) is 19.3 Å². The van der Waals surface area contributed by atoms with Crippen LogP contribution in [0.15, 0.2) is 72.9 Å². The first-order chi connectivity index (χ1) is 32.0. The monoisotopic (exact) mass is 907 g/mol. The van der Waals surface area contributed by atoms with E-state index in [4.69, 9.17) is 14.2 Å². The molecule has 0 bridgehead atoms. The summed E-state index contributed by atoms with van der Waals surface area (Å²) in [7, 11) is 0. The van der Waals surface area contributed by atoms with Crippen LogP contribution in [-0.4, -0.2) is 37.2 Å². The van der Waals surface area contributed by atoms with Gasteiger partial charge in [-0.2, -0.15) is 0 Å². The maximum Gasteiger partial charge on any atom is 0.306 e. The van der Waals surface area contributed by atoms with E-state index in [0.717, 1.165) is 70.6 Å². The van der Waals surface area contributed by atoms with Crippen molar-refractivity contribution in [2.24, 2.45) is 0 Å². The first-order valence-corrected chi connectivity index (χ1v) is 27.5. The van der Waals surface area contributed by atoms with Crippen LogP contribution in [0.2, 0.25) is 0 Å². The topological polar surface area (TPSA) is 78.9 Å². The maximum absolute atomic E-state index is 12.8. The quantitative estimate of drug-likeness (QED) is 0.0199. The lowest BCUT2D eigenvalue weighted by Gasteiger charge is -2.18. The third kappa shape index (κ3) is 51.7. The van der Waals surface area contributed by atoms with Crippen LogP contribution in [0.5, 0.6) is 0 Å². The number of ether oxygens (including phenoxy) is 3. The van der Waals surface area contributed by atoms with Crippen LogP contribution in [0, 0.1) is 0 Å². The second-order valence-electron chi connectivity index (χ2n) is 18.2. The zero-order valence-electron chi connectivity index (χ0n) is 42.7. The van der Waals surface area contributed by atoms with E-state index in [2.05, 4.69) is 63.3 Å². The Morgan fingerprint density at radius 2 is 0.615 bits per heavy atom. The van der Waals surface area contributed by atoms with E-state index in [1.807, 2.05) is 30.4 Å². The van der Waals surface area contributed by atoms with Crippen LogP contribution in [0.25, 0.3) is 0 Å². The second kappa shape index (κ2) is 53.5. The van der Waals surface area contributed by atoms with E-state index < -0.39 is 6.10 Å². The van der Waals surface area contributed by atoms with Gasteiger partial charge in [-0.05, 0) is 89.9 Å². The normalized spacial score (nSPS) is 12.6. The molecular formula is C59H102O6. The molecule has 0 saturated heterocycles. The Balaban J connectivity index is 4.42. The highest BCUT2D eigenvalue weighted by Crippen LogP contribution is 2.15. The molecule has 0 spiro atoms. The molecule has 0 aliphatic rings. The Hall–Kier alpha value is -3.15. The molecule has 1 unspecified atom stereocenters. The van der Waals surface area contributed by atoms with Gasteiger partial charge in [-0.15, -0.1) is 0 Å². The fourth-order valence-electron chi connectivity index (χ4n) is 7.62. The molecule has 0 radical (unpaired) electrons. The van der Waals surface area contributed by atoms with Gasteiger partial charge >= 0.3 is 17.9 Å². The van der Waals surface area contributed by atoms with E-state index in [-0.39, 0.29) is 31.1 Å². The lowest BCUT2D eigenvalue weighted by molar-refractivity contribution is -0.167. The molecule has 0 aromatic heterocycles. The molecule has 65 heavy (non-hydrogen) atoms. The molecule has 6 nitrogen and oxygen atoms in total. The molecule has 0 N–H and O–H groups in total. The lowest BCUT2D eigenvalue weighted by atomic mass is 10.1. The number of carbonyl (C=O) groups excluding carboxylic acids is 3. The fourth-order valence-corrected chi connectivity index (χ4v) is 7.62. The maximum atomic E-state index is 12.8. The summed E-state index contributed by atoms with van der Waals surface area (Å²) < 4.78 is 16.8. The highest BCUT2D eigenvalue weighted by Gasteiger charge is 2.19. The molecule has 374 valence electrons. The molecule has 0 aliphatic heterocycles. The molecule has 0 amide bonds. The Labute approximate surface area is 402 Å². The molecule has 0 aromatic rings. The molecule has 0 aliphatic carbocycles. The number of unbranched alkanes of at least 4 members (excludes halogenated alkanes) is 29. The molecular weight excluding hydrogens is 805 g/mol. The molecule has 6 heteroatoms. The van der Waals surface area contributed by atoms with Gasteiger partial charge in [0.25, 0.3) is 0 Å². The summed E-state index contributed by atoms with van der Waals surface area (Å²) in [5, 5.41) is 0. The van der Waals surface area contributed by atoms with Gasteiger partial charge in [0.1, 0.15) is 13.2 Å². The number of carbonyl (C=O) groups is 3. The lowest BCUT2D eigenvalue weighted by Crippen LogP contribution is -2.30. The van der Waals surface area contributed by atoms with Gasteiger partial charge in [-0.1, -0.05) is 229 Å². The Morgan fingerprint density at radius 3 is 1.00 bits per heavy atom. The average Bonchev–Trinajstić information content (AvgIpc) is 3.30. The number of hydrogen-bond acceptors (Lipinski definition) is 6. The van der Waals surface area contributed by atoms with Crippen molar-refractivity contribution in [2.45, 2.75) is 271 Å². The highest BCUT2D eigenvalue weighted by molar-refractivity contribution is 5.71. The first kappa shape index (κ1) is 61.9. The van der Waals surface area contributed by atoms with Crippen molar-refractivity contribution in [1.82, 2.24) is 0 Å². The van der Waals surface area contributed by atoms with Gasteiger partial charge < -0.3 is 14.2 Å². The number of rotatable bonds is 49. The van der Waals surface area contributed by atoms with Crippen LogP contribution in [0.3, 0.4) is 0 Å². The van der Waals surface area contributed by atoms with Crippen molar-refractivity contribution < 1.29 is 28.6 Å². The van der Waals surface area contributed by atoms with Gasteiger partial charge in [-0.25, -0.2) is 0 Å². The van der Waals surface area contributed by atoms with Gasteiger partial charge in [0, 0.05) is 19.3 Å². The minimum atomic E-state index is -0.795. The fraction of sp³-hybridized carbons (Fsp3) is 0.746. The van der Waals surface area contributed by atoms with Gasteiger partial charge in [-0.3, -0.25) is 14.4 Å². The van der Waals surface area contributed by atoms with Crippen LogP contribution in [0.4, 0.5) is 0 Å². The average molecular weight is 907 g/mol. The number of esters is 3. The van der Waals surface area contributed by atoms with E-state index in [1.165, 1.54) is 154 Å². The Kier molecular flexibility index (Phi) is 50.9. The van der Waals surface area contributed by atoms with Crippen molar-refractivity contribution in [3.05, 3.63) is 72.9 Å². The molecule has 0 saturated carbocycles. The van der Waals surface area contributed by atoms with Crippen LogP contribution >= 0.6 is 0 Å². The summed E-state index contributed by atoms with van der Waals surface area (Å²) in [6.07, 6.45) is 67.5. The van der Waals surface area contributed by atoms with E-state index in [1.54, 1.807) is 0 Å². The standard InChI is InChI=1S/C59H102O6/c1-4-7-10-13-16-19-22-25-27-29-31-34-37-40-43-46-49-52-58(61)64-55-56(54-63-57(60)51-48-45-42-39-36-33-24-21-18-15-12-9-6-3)65-59(62)53-50-47-44-41-38-35-32-30-28-26-23-20-17-14-11-8-5-2/h9,12,15,18,21,24-28,33,36,56H,4-8,10-11,13-14,16-17,19-20,22-23,29-32,34-35,37-55H2,1-3H3/b12-9+,18-15+,24-21+,27-25+,28-26+,36-33+. The van der Waals surface area contributed by atoms with Crippen molar-refractivity contribution in [3.63, 3.8) is 0 Å². The summed E-state index contributed by atoms with van der Waals surface area (Å²) in [5.74, 6) is -0.936. The third-order valence-electron chi connectivity index (χ3n) is 11.8. The van der Waals surface area contributed by atoms with E-state index in [9.17, 15) is 14.4 Å². The zero-order valence-corrected chi connectivity index (χ0v) is 42.7. The van der Waals surface area contributed by atoms with Crippen LogP contribution in [-0.2, 0) is 28.6 Å². The van der Waals surface area contributed by atoms with E-state index >= 15 is 0 Å². The SMILES string of the molecule is CC/C=C/C=C/C=C/C=C/CCCCCC(=O)OCC(COC(=O)CCCCCCCCC/C=C/CCCCCCCC)OC(=O)CCCCCCCCC/C=C/CCCCCCCC. The second-order valence-corrected chi connectivity index (χ2v) is 18.2. The summed E-state index contributed by atoms with van der Waals surface area (Å²) >= 11 is 0. The number of allylic oxidation sites excluding steroid dienone is 12. The third-order valence-corrected chi connectivity index (χ3v) is 11.8. The highest BCUT2D eigenvalue weighted by atomic mass is 16.6. The van der Waals surface area contributed by atoms with Crippen molar-refractivity contribution >= 4 is 17.9 Å². The van der Waals surface area contributed by atoms with Gasteiger partial charge in [0.05, 0.1) is 0 Å². The largest absolute Gasteiger partial charge is 0.462 e.